The quantitative estimate of drug-likeness (QED) is 0.681. The van der Waals surface area contributed by atoms with Crippen LogP contribution in [0, 0.1) is 10.1 Å². The lowest BCUT2D eigenvalue weighted by molar-refractivity contribution is -0.385. The number of nitrogens with one attached hydrogen (secondary N) is 1. The number of carbonyl (C=O) groups is 1. The second-order valence-electron chi connectivity index (χ2n) is 5.23. The summed E-state index contributed by atoms with van der Waals surface area (Å²) in [5.41, 5.74) is 0.712. The molecule has 0 radical (unpaired) electrons. The maximum absolute atomic E-state index is 12.2. The molecule has 24 heavy (non-hydrogen) atoms. The molecule has 1 aliphatic heterocycles. The maximum atomic E-state index is 12.2. The summed E-state index contributed by atoms with van der Waals surface area (Å²) in [6.45, 7) is 2.94. The van der Waals surface area contributed by atoms with E-state index in [9.17, 15) is 14.9 Å². The van der Waals surface area contributed by atoms with Crippen molar-refractivity contribution in [1.29, 1.82) is 0 Å². The van der Waals surface area contributed by atoms with Gasteiger partial charge in [0.25, 0.3) is 11.6 Å². The van der Waals surface area contributed by atoms with Gasteiger partial charge in [-0.15, -0.1) is 0 Å². The minimum Gasteiger partial charge on any atom is -0.378 e. The van der Waals surface area contributed by atoms with E-state index in [0.717, 1.165) is 18.8 Å². The Bertz CT molecular complexity index is 742. The topological polar surface area (TPSA) is 97.6 Å². The van der Waals surface area contributed by atoms with Crippen LogP contribution in [0.2, 0.25) is 0 Å². The number of nitro groups is 1. The fraction of sp³-hybridized carbons (Fsp3) is 0.250. The first-order chi connectivity index (χ1) is 11.6. The van der Waals surface area contributed by atoms with E-state index in [1.807, 2.05) is 6.07 Å². The number of rotatable bonds is 4. The average Bonchev–Trinajstić information content (AvgIpc) is 2.63. The smallest absolute Gasteiger partial charge is 0.282 e. The van der Waals surface area contributed by atoms with Crippen molar-refractivity contribution in [2.45, 2.75) is 0 Å². The van der Waals surface area contributed by atoms with Crippen molar-refractivity contribution in [2.75, 3.05) is 36.5 Å². The average molecular weight is 328 g/mol. The lowest BCUT2D eigenvalue weighted by Crippen LogP contribution is -2.36. The summed E-state index contributed by atoms with van der Waals surface area (Å²) in [7, 11) is 0. The molecule has 0 aliphatic carbocycles. The van der Waals surface area contributed by atoms with Crippen molar-refractivity contribution in [3.8, 4) is 0 Å². The molecule has 0 atom stereocenters. The maximum Gasteiger partial charge on any atom is 0.282 e. The number of anilines is 2. The molecule has 1 N–H and O–H groups in total. The molecule has 2 aromatic rings. The van der Waals surface area contributed by atoms with Gasteiger partial charge < -0.3 is 15.0 Å². The summed E-state index contributed by atoms with van der Waals surface area (Å²) in [6, 6.07) is 9.34. The van der Waals surface area contributed by atoms with E-state index in [2.05, 4.69) is 15.2 Å². The predicted molar refractivity (Wildman–Crippen MR) is 88.3 cm³/mol. The zero-order valence-corrected chi connectivity index (χ0v) is 12.8. The highest BCUT2D eigenvalue weighted by Gasteiger charge is 2.19. The Kier molecular flexibility index (Phi) is 4.66. The number of morpholine rings is 1. The predicted octanol–water partition coefficient (Wildman–Crippen LogP) is 2.08. The monoisotopic (exact) mass is 328 g/mol. The van der Waals surface area contributed by atoms with Crippen LogP contribution in [-0.2, 0) is 4.74 Å². The minimum absolute atomic E-state index is 0.00144. The number of nitro benzene ring substituents is 1. The normalized spacial score (nSPS) is 14.2. The first-order valence-electron chi connectivity index (χ1n) is 7.48. The van der Waals surface area contributed by atoms with Gasteiger partial charge in [0.15, 0.2) is 0 Å². The number of hydrogen-bond donors (Lipinski definition) is 1. The van der Waals surface area contributed by atoms with Crippen molar-refractivity contribution in [2.24, 2.45) is 0 Å². The molecule has 1 amide bonds. The van der Waals surface area contributed by atoms with Crippen molar-refractivity contribution in [3.05, 3.63) is 58.3 Å². The summed E-state index contributed by atoms with van der Waals surface area (Å²) in [5.74, 6) is -0.218. The van der Waals surface area contributed by atoms with Crippen molar-refractivity contribution in [1.82, 2.24) is 4.98 Å². The van der Waals surface area contributed by atoms with Gasteiger partial charge >= 0.3 is 0 Å². The SMILES string of the molecule is O=C(Nc1ccc(N2CCOCC2)cn1)c1ccccc1[N+](=O)[O-]. The first-order valence-corrected chi connectivity index (χ1v) is 7.48. The number of nitrogens with zero attached hydrogens (tertiary/aromatic N) is 3. The second-order valence-corrected chi connectivity index (χ2v) is 5.23. The number of benzene rings is 1. The van der Waals surface area contributed by atoms with Crippen LogP contribution < -0.4 is 10.2 Å². The van der Waals surface area contributed by atoms with E-state index in [1.54, 1.807) is 18.3 Å². The van der Waals surface area contributed by atoms with Crippen molar-refractivity contribution in [3.63, 3.8) is 0 Å². The van der Waals surface area contributed by atoms with Crippen LogP contribution in [0.15, 0.2) is 42.6 Å². The van der Waals surface area contributed by atoms with Crippen LogP contribution >= 0.6 is 0 Å². The van der Waals surface area contributed by atoms with Crippen molar-refractivity contribution >= 4 is 23.1 Å². The molecule has 1 aliphatic rings. The van der Waals surface area contributed by atoms with Gasteiger partial charge in [-0.2, -0.15) is 0 Å². The van der Waals surface area contributed by atoms with Gasteiger partial charge in [0, 0.05) is 19.2 Å². The van der Waals surface area contributed by atoms with Crippen LogP contribution in [-0.4, -0.2) is 42.1 Å². The standard InChI is InChI=1S/C16H16N4O4/c21-16(13-3-1-2-4-14(13)20(22)23)18-15-6-5-12(11-17-15)19-7-9-24-10-8-19/h1-6,11H,7-10H2,(H,17,18,21). The third-order valence-corrected chi connectivity index (χ3v) is 3.71. The summed E-state index contributed by atoms with van der Waals surface area (Å²) >= 11 is 0. The molecule has 0 unspecified atom stereocenters. The minimum atomic E-state index is -0.579. The summed E-state index contributed by atoms with van der Waals surface area (Å²) in [6.07, 6.45) is 1.67. The molecule has 1 fully saturated rings. The number of para-hydroxylation sites is 1. The number of ether oxygens (including phenoxy) is 1. The Morgan fingerprint density at radius 1 is 1.21 bits per heavy atom. The summed E-state index contributed by atoms with van der Waals surface area (Å²) in [4.78, 5) is 29.0. The highest BCUT2D eigenvalue weighted by molar-refractivity contribution is 6.06. The van der Waals surface area contributed by atoms with Crippen LogP contribution in [0.25, 0.3) is 0 Å². The molecule has 1 aromatic heterocycles. The van der Waals surface area contributed by atoms with E-state index in [1.165, 1.54) is 18.2 Å². The molecule has 8 heteroatoms. The first kappa shape index (κ1) is 15.9. The Morgan fingerprint density at radius 3 is 2.62 bits per heavy atom. The van der Waals surface area contributed by atoms with Crippen LogP contribution in [0.5, 0.6) is 0 Å². The fourth-order valence-corrected chi connectivity index (χ4v) is 2.48. The number of hydrogen-bond acceptors (Lipinski definition) is 6. The number of pyridine rings is 1. The third-order valence-electron chi connectivity index (χ3n) is 3.71. The van der Waals surface area contributed by atoms with Gasteiger partial charge in [-0.3, -0.25) is 14.9 Å². The fourth-order valence-electron chi connectivity index (χ4n) is 2.48. The Labute approximate surface area is 138 Å². The van der Waals surface area contributed by atoms with Gasteiger partial charge in [-0.05, 0) is 18.2 Å². The molecule has 2 heterocycles. The Hall–Kier alpha value is -3.00. The Morgan fingerprint density at radius 2 is 1.96 bits per heavy atom. The van der Waals surface area contributed by atoms with Gasteiger partial charge in [0.1, 0.15) is 11.4 Å². The largest absolute Gasteiger partial charge is 0.378 e. The van der Waals surface area contributed by atoms with Crippen LogP contribution in [0.4, 0.5) is 17.2 Å². The molecule has 8 nitrogen and oxygen atoms in total. The molecule has 1 saturated heterocycles. The lowest BCUT2D eigenvalue weighted by atomic mass is 10.1. The van der Waals surface area contributed by atoms with Crippen LogP contribution in [0.1, 0.15) is 10.4 Å². The number of carbonyl (C=O) groups excluding carboxylic acids is 1. The van der Waals surface area contributed by atoms with Gasteiger partial charge in [-0.25, -0.2) is 4.98 Å². The molecular weight excluding hydrogens is 312 g/mol. The second kappa shape index (κ2) is 7.05. The molecule has 124 valence electrons. The molecule has 0 bridgehead atoms. The highest BCUT2D eigenvalue weighted by Crippen LogP contribution is 2.20. The molecule has 3 rings (SSSR count). The zero-order chi connectivity index (χ0) is 16.9. The van der Waals surface area contributed by atoms with Gasteiger partial charge in [0.05, 0.1) is 30.0 Å². The van der Waals surface area contributed by atoms with Gasteiger partial charge in [-0.1, -0.05) is 12.1 Å². The Balaban J connectivity index is 1.72. The summed E-state index contributed by atoms with van der Waals surface area (Å²) < 4.78 is 5.30. The molecular formula is C16H16N4O4. The zero-order valence-electron chi connectivity index (χ0n) is 12.8. The molecule has 0 saturated carbocycles. The van der Waals surface area contributed by atoms with Crippen molar-refractivity contribution < 1.29 is 14.5 Å². The van der Waals surface area contributed by atoms with Crippen LogP contribution in [0.3, 0.4) is 0 Å². The van der Waals surface area contributed by atoms with E-state index in [4.69, 9.17) is 4.74 Å². The van der Waals surface area contributed by atoms with E-state index < -0.39 is 10.8 Å². The molecule has 0 spiro atoms. The number of aromatic nitrogens is 1. The third kappa shape index (κ3) is 3.49. The molecule has 1 aromatic carbocycles. The lowest BCUT2D eigenvalue weighted by Gasteiger charge is -2.28. The summed E-state index contributed by atoms with van der Waals surface area (Å²) in [5, 5.41) is 13.6. The van der Waals surface area contributed by atoms with Gasteiger partial charge in [0.2, 0.25) is 0 Å². The highest BCUT2D eigenvalue weighted by atomic mass is 16.6. The van der Waals surface area contributed by atoms with E-state index in [-0.39, 0.29) is 11.3 Å². The van der Waals surface area contributed by atoms with E-state index in [0.29, 0.717) is 19.0 Å². The number of amides is 1. The van der Waals surface area contributed by atoms with E-state index >= 15 is 0 Å².